The van der Waals surface area contributed by atoms with E-state index in [1.54, 1.807) is 0 Å². The van der Waals surface area contributed by atoms with E-state index in [2.05, 4.69) is 28.8 Å². The van der Waals surface area contributed by atoms with Crippen molar-refractivity contribution < 1.29 is 17.6 Å². The number of hydrogen-bond donors (Lipinski definition) is 2. The fraction of sp³-hybridized carbons (Fsp3) is 0.316. The number of carbonyl (C=O) groups excluding carboxylic acids is 1. The van der Waals surface area contributed by atoms with Gasteiger partial charge in [0, 0.05) is 24.3 Å². The van der Waals surface area contributed by atoms with Gasteiger partial charge in [-0.05, 0) is 61.6 Å². The summed E-state index contributed by atoms with van der Waals surface area (Å²) >= 11 is 0. The third-order valence-electron chi connectivity index (χ3n) is 4.13. The van der Waals surface area contributed by atoms with Gasteiger partial charge in [0.05, 0.1) is 4.90 Å². The SMILES string of the molecule is CCN(CC)CCNC(=O)c1ccc(S(=O)(=O)Nc2ccc(F)cc2)cc1. The van der Waals surface area contributed by atoms with Gasteiger partial charge in [-0.25, -0.2) is 12.8 Å². The predicted molar refractivity (Wildman–Crippen MR) is 104 cm³/mol. The highest BCUT2D eigenvalue weighted by Crippen LogP contribution is 2.17. The molecule has 0 bridgehead atoms. The quantitative estimate of drug-likeness (QED) is 0.687. The lowest BCUT2D eigenvalue weighted by molar-refractivity contribution is 0.0949. The summed E-state index contributed by atoms with van der Waals surface area (Å²) in [6, 6.07) is 10.7. The molecule has 0 fully saturated rings. The summed E-state index contributed by atoms with van der Waals surface area (Å²) in [5.74, 6) is -0.702. The summed E-state index contributed by atoms with van der Waals surface area (Å²) in [6.45, 7) is 7.23. The van der Waals surface area contributed by atoms with Crippen LogP contribution in [0.2, 0.25) is 0 Å². The lowest BCUT2D eigenvalue weighted by Crippen LogP contribution is -2.34. The van der Waals surface area contributed by atoms with Crippen LogP contribution in [0.4, 0.5) is 10.1 Å². The van der Waals surface area contributed by atoms with E-state index in [1.165, 1.54) is 48.5 Å². The Kier molecular flexibility index (Phi) is 7.32. The number of benzene rings is 2. The van der Waals surface area contributed by atoms with Crippen LogP contribution in [0.25, 0.3) is 0 Å². The Morgan fingerprint density at radius 3 is 2.15 bits per heavy atom. The number of hydrogen-bond acceptors (Lipinski definition) is 4. The molecule has 0 radical (unpaired) electrons. The van der Waals surface area contributed by atoms with Crippen LogP contribution in [-0.4, -0.2) is 45.4 Å². The van der Waals surface area contributed by atoms with Crippen molar-refractivity contribution in [1.82, 2.24) is 10.2 Å². The second-order valence-corrected chi connectivity index (χ2v) is 7.60. The van der Waals surface area contributed by atoms with Gasteiger partial charge in [-0.2, -0.15) is 0 Å². The first-order valence-corrected chi connectivity index (χ1v) is 10.2. The van der Waals surface area contributed by atoms with Gasteiger partial charge in [-0.15, -0.1) is 0 Å². The molecule has 8 heteroatoms. The largest absolute Gasteiger partial charge is 0.351 e. The van der Waals surface area contributed by atoms with Crippen molar-refractivity contribution in [2.45, 2.75) is 18.7 Å². The number of likely N-dealkylation sites (N-methyl/N-ethyl adjacent to an activating group) is 1. The first kappa shape index (κ1) is 20.9. The number of halogens is 1. The zero-order valence-electron chi connectivity index (χ0n) is 15.4. The highest BCUT2D eigenvalue weighted by Gasteiger charge is 2.15. The predicted octanol–water partition coefficient (Wildman–Crippen LogP) is 2.70. The summed E-state index contributed by atoms with van der Waals surface area (Å²) in [4.78, 5) is 14.4. The molecule has 146 valence electrons. The molecule has 2 rings (SSSR count). The van der Waals surface area contributed by atoms with Gasteiger partial charge >= 0.3 is 0 Å². The summed E-state index contributed by atoms with van der Waals surface area (Å²) in [5.41, 5.74) is 0.643. The van der Waals surface area contributed by atoms with Gasteiger partial charge in [0.2, 0.25) is 0 Å². The minimum absolute atomic E-state index is 0.0199. The van der Waals surface area contributed by atoms with Crippen LogP contribution in [-0.2, 0) is 10.0 Å². The minimum atomic E-state index is -3.81. The molecule has 0 heterocycles. The van der Waals surface area contributed by atoms with Crippen molar-refractivity contribution >= 4 is 21.6 Å². The molecule has 0 aromatic heterocycles. The lowest BCUT2D eigenvalue weighted by atomic mass is 10.2. The molecule has 0 saturated carbocycles. The normalized spacial score (nSPS) is 11.4. The zero-order valence-corrected chi connectivity index (χ0v) is 16.2. The van der Waals surface area contributed by atoms with Gasteiger partial charge in [-0.1, -0.05) is 13.8 Å². The molecular formula is C19H24FN3O3S. The second-order valence-electron chi connectivity index (χ2n) is 5.92. The highest BCUT2D eigenvalue weighted by atomic mass is 32.2. The third-order valence-corrected chi connectivity index (χ3v) is 5.53. The molecule has 0 aliphatic heterocycles. The fourth-order valence-electron chi connectivity index (χ4n) is 2.49. The van der Waals surface area contributed by atoms with E-state index < -0.39 is 15.8 Å². The van der Waals surface area contributed by atoms with Crippen LogP contribution in [0.3, 0.4) is 0 Å². The first-order chi connectivity index (χ1) is 12.9. The van der Waals surface area contributed by atoms with Crippen molar-refractivity contribution in [2.24, 2.45) is 0 Å². The summed E-state index contributed by atoms with van der Waals surface area (Å²) in [7, 11) is -3.81. The molecule has 2 aromatic rings. The summed E-state index contributed by atoms with van der Waals surface area (Å²) in [5, 5.41) is 2.82. The second kappa shape index (κ2) is 9.48. The van der Waals surface area contributed by atoms with Gasteiger partial charge in [-0.3, -0.25) is 9.52 Å². The minimum Gasteiger partial charge on any atom is -0.351 e. The Hall–Kier alpha value is -2.45. The number of amides is 1. The number of rotatable bonds is 9. The van der Waals surface area contributed by atoms with Crippen molar-refractivity contribution in [3.63, 3.8) is 0 Å². The molecule has 0 aliphatic rings. The Labute approximate surface area is 159 Å². The van der Waals surface area contributed by atoms with Crippen LogP contribution in [0.5, 0.6) is 0 Å². The summed E-state index contributed by atoms with van der Waals surface area (Å²) in [6.07, 6.45) is 0. The molecule has 0 atom stereocenters. The number of sulfonamides is 1. The van der Waals surface area contributed by atoms with Crippen molar-refractivity contribution in [2.75, 3.05) is 30.9 Å². The average molecular weight is 393 g/mol. The van der Waals surface area contributed by atoms with Gasteiger partial charge < -0.3 is 10.2 Å². The Bertz CT molecular complexity index is 849. The van der Waals surface area contributed by atoms with E-state index in [9.17, 15) is 17.6 Å². The molecule has 0 unspecified atom stereocenters. The maximum Gasteiger partial charge on any atom is 0.261 e. The van der Waals surface area contributed by atoms with Gasteiger partial charge in [0.1, 0.15) is 5.82 Å². The fourth-order valence-corrected chi connectivity index (χ4v) is 3.55. The molecule has 0 aliphatic carbocycles. The Morgan fingerprint density at radius 1 is 1.00 bits per heavy atom. The molecule has 2 aromatic carbocycles. The lowest BCUT2D eigenvalue weighted by Gasteiger charge is -2.18. The third kappa shape index (κ3) is 6.04. The molecule has 1 amide bonds. The maximum atomic E-state index is 12.9. The number of anilines is 1. The standard InChI is InChI=1S/C19H24FN3O3S/c1-3-23(4-2)14-13-21-19(24)15-5-11-18(12-6-15)27(25,26)22-17-9-7-16(20)8-10-17/h5-12,22H,3-4,13-14H2,1-2H3,(H,21,24). The topological polar surface area (TPSA) is 78.5 Å². The van der Waals surface area contributed by atoms with Crippen LogP contribution < -0.4 is 10.0 Å². The van der Waals surface area contributed by atoms with E-state index in [4.69, 9.17) is 0 Å². The van der Waals surface area contributed by atoms with Crippen molar-refractivity contribution in [3.8, 4) is 0 Å². The molecule has 6 nitrogen and oxygen atoms in total. The number of nitrogens with zero attached hydrogens (tertiary/aromatic N) is 1. The smallest absolute Gasteiger partial charge is 0.261 e. The van der Waals surface area contributed by atoms with E-state index in [-0.39, 0.29) is 16.5 Å². The maximum absolute atomic E-state index is 12.9. The molecule has 27 heavy (non-hydrogen) atoms. The van der Waals surface area contributed by atoms with Crippen molar-refractivity contribution in [3.05, 3.63) is 59.9 Å². The van der Waals surface area contributed by atoms with Gasteiger partial charge in [0.15, 0.2) is 0 Å². The van der Waals surface area contributed by atoms with E-state index in [0.29, 0.717) is 12.1 Å². The molecular weight excluding hydrogens is 369 g/mol. The molecule has 0 spiro atoms. The van der Waals surface area contributed by atoms with Crippen LogP contribution in [0.15, 0.2) is 53.4 Å². The average Bonchev–Trinajstić information content (AvgIpc) is 2.67. The highest BCUT2D eigenvalue weighted by molar-refractivity contribution is 7.92. The van der Waals surface area contributed by atoms with E-state index in [1.807, 2.05) is 0 Å². The molecule has 2 N–H and O–H groups in total. The first-order valence-electron chi connectivity index (χ1n) is 8.74. The number of nitrogens with one attached hydrogen (secondary N) is 2. The monoisotopic (exact) mass is 393 g/mol. The van der Waals surface area contributed by atoms with Crippen molar-refractivity contribution in [1.29, 1.82) is 0 Å². The molecule has 0 saturated heterocycles. The Morgan fingerprint density at radius 2 is 1.59 bits per heavy atom. The van der Waals surface area contributed by atoms with E-state index in [0.717, 1.165) is 19.6 Å². The number of carbonyl (C=O) groups is 1. The summed E-state index contributed by atoms with van der Waals surface area (Å²) < 4.78 is 40.0. The van der Waals surface area contributed by atoms with Crippen LogP contribution in [0, 0.1) is 5.82 Å². The van der Waals surface area contributed by atoms with Gasteiger partial charge in [0.25, 0.3) is 15.9 Å². The Balaban J connectivity index is 1.98. The zero-order chi connectivity index (χ0) is 19.9. The van der Waals surface area contributed by atoms with Crippen LogP contribution in [0.1, 0.15) is 24.2 Å². The van der Waals surface area contributed by atoms with Crippen LogP contribution >= 0.6 is 0 Å². The van der Waals surface area contributed by atoms with E-state index >= 15 is 0 Å².